The third-order valence-electron chi connectivity index (χ3n) is 2.71. The van der Waals surface area contributed by atoms with Crippen LogP contribution in [0, 0.1) is 0 Å². The Kier molecular flexibility index (Phi) is 12.5. The summed E-state index contributed by atoms with van der Waals surface area (Å²) in [4.78, 5) is 0. The largest absolute Gasteiger partial charge is 0.356 e. The molecule has 16 heavy (non-hydrogen) atoms. The van der Waals surface area contributed by atoms with Crippen molar-refractivity contribution in [2.45, 2.75) is 64.6 Å². The Labute approximate surface area is 101 Å². The van der Waals surface area contributed by atoms with Gasteiger partial charge in [0.15, 0.2) is 6.29 Å². The Morgan fingerprint density at radius 3 is 2.25 bits per heavy atom. The van der Waals surface area contributed by atoms with E-state index in [1.807, 2.05) is 0 Å². The Balaban J connectivity index is 3.23. The van der Waals surface area contributed by atoms with Gasteiger partial charge in [0.1, 0.15) is 0 Å². The summed E-state index contributed by atoms with van der Waals surface area (Å²) >= 11 is 0. The van der Waals surface area contributed by atoms with Gasteiger partial charge >= 0.3 is 0 Å². The van der Waals surface area contributed by atoms with Gasteiger partial charge in [0.05, 0.1) is 6.61 Å². The molecule has 1 unspecified atom stereocenters. The Morgan fingerprint density at radius 2 is 1.69 bits per heavy atom. The molecule has 0 N–H and O–H groups in total. The van der Waals surface area contributed by atoms with Gasteiger partial charge in [-0.2, -0.15) is 0 Å². The average Bonchev–Trinajstić information content (AvgIpc) is 2.32. The molecule has 2 heteroatoms. The van der Waals surface area contributed by atoms with E-state index in [4.69, 9.17) is 9.47 Å². The molecule has 0 aromatic carbocycles. The molecule has 0 aliphatic rings. The van der Waals surface area contributed by atoms with Crippen molar-refractivity contribution in [1.29, 1.82) is 0 Å². The summed E-state index contributed by atoms with van der Waals surface area (Å²) < 4.78 is 10.7. The first-order chi connectivity index (χ1) is 7.85. The molecule has 0 aromatic rings. The maximum absolute atomic E-state index is 5.45. The van der Waals surface area contributed by atoms with Gasteiger partial charge in [-0.3, -0.25) is 0 Å². The zero-order chi connectivity index (χ0) is 12.1. The minimum Gasteiger partial charge on any atom is -0.356 e. The highest BCUT2D eigenvalue weighted by Crippen LogP contribution is 2.11. The van der Waals surface area contributed by atoms with Gasteiger partial charge < -0.3 is 9.47 Å². The Bertz CT molecular complexity index is 146. The van der Waals surface area contributed by atoms with Gasteiger partial charge in [-0.25, -0.2) is 0 Å². The smallest absolute Gasteiger partial charge is 0.157 e. The number of rotatable bonds is 12. The Hall–Kier alpha value is -0.340. The normalized spacial score (nSPS) is 12.6. The lowest BCUT2D eigenvalue weighted by atomic mass is 10.1. The summed E-state index contributed by atoms with van der Waals surface area (Å²) in [5.41, 5.74) is 0. The van der Waals surface area contributed by atoms with Crippen LogP contribution < -0.4 is 0 Å². The van der Waals surface area contributed by atoms with E-state index >= 15 is 0 Å². The topological polar surface area (TPSA) is 18.5 Å². The second-order valence-corrected chi connectivity index (χ2v) is 4.20. The van der Waals surface area contributed by atoms with Gasteiger partial charge in [0, 0.05) is 7.11 Å². The predicted molar refractivity (Wildman–Crippen MR) is 69.6 cm³/mol. The van der Waals surface area contributed by atoms with Gasteiger partial charge in [0.25, 0.3) is 0 Å². The van der Waals surface area contributed by atoms with E-state index < -0.39 is 0 Å². The molecule has 1 atom stereocenters. The first-order valence-electron chi connectivity index (χ1n) is 6.60. The summed E-state index contributed by atoms with van der Waals surface area (Å²) in [6.07, 6.45) is 12.0. The molecule has 0 spiro atoms. The van der Waals surface area contributed by atoms with Crippen LogP contribution >= 0.6 is 0 Å². The van der Waals surface area contributed by atoms with E-state index in [2.05, 4.69) is 13.5 Å². The summed E-state index contributed by atoms with van der Waals surface area (Å²) in [6.45, 7) is 6.45. The Morgan fingerprint density at radius 1 is 1.06 bits per heavy atom. The van der Waals surface area contributed by atoms with Crippen molar-refractivity contribution in [2.75, 3.05) is 13.7 Å². The summed E-state index contributed by atoms with van der Waals surface area (Å²) in [5.74, 6) is 0. The lowest BCUT2D eigenvalue weighted by molar-refractivity contribution is -0.119. The number of methoxy groups -OCH3 is 1. The highest BCUT2D eigenvalue weighted by Gasteiger charge is 2.05. The van der Waals surface area contributed by atoms with Crippen LogP contribution in [0.3, 0.4) is 0 Å². The fraction of sp³-hybridized carbons (Fsp3) is 0.857. The molecule has 0 heterocycles. The molecule has 2 nitrogen and oxygen atoms in total. The molecule has 0 amide bonds. The van der Waals surface area contributed by atoms with Crippen molar-refractivity contribution < 1.29 is 9.47 Å². The molecule has 0 bridgehead atoms. The number of hydrogen-bond acceptors (Lipinski definition) is 2. The van der Waals surface area contributed by atoms with Gasteiger partial charge in [-0.05, 0) is 12.8 Å². The van der Waals surface area contributed by atoms with Crippen molar-refractivity contribution in [3.05, 3.63) is 12.7 Å². The lowest BCUT2D eigenvalue weighted by Crippen LogP contribution is -2.15. The SMILES string of the molecule is C=CCOC(CCCCCCCCC)OC. The molecule has 0 aliphatic heterocycles. The van der Waals surface area contributed by atoms with Crippen LogP contribution in [-0.2, 0) is 9.47 Å². The van der Waals surface area contributed by atoms with Crippen LogP contribution in [0.15, 0.2) is 12.7 Å². The highest BCUT2D eigenvalue weighted by molar-refractivity contribution is 4.64. The zero-order valence-electron chi connectivity index (χ0n) is 11.0. The molecule has 0 fully saturated rings. The number of ether oxygens (including phenoxy) is 2. The van der Waals surface area contributed by atoms with Gasteiger partial charge in [-0.1, -0.05) is 51.5 Å². The average molecular weight is 228 g/mol. The third kappa shape index (κ3) is 10.2. The van der Waals surface area contributed by atoms with Crippen LogP contribution in [0.4, 0.5) is 0 Å². The molecular weight excluding hydrogens is 200 g/mol. The maximum Gasteiger partial charge on any atom is 0.157 e. The molecular formula is C14H28O2. The van der Waals surface area contributed by atoms with E-state index in [0.29, 0.717) is 6.61 Å². The van der Waals surface area contributed by atoms with Crippen molar-refractivity contribution in [3.8, 4) is 0 Å². The van der Waals surface area contributed by atoms with Crippen LogP contribution in [0.5, 0.6) is 0 Å². The minimum atomic E-state index is -0.0476. The van der Waals surface area contributed by atoms with E-state index in [1.165, 1.54) is 44.9 Å². The van der Waals surface area contributed by atoms with Gasteiger partial charge in [0.2, 0.25) is 0 Å². The van der Waals surface area contributed by atoms with Crippen LogP contribution in [0.25, 0.3) is 0 Å². The van der Waals surface area contributed by atoms with Crippen molar-refractivity contribution in [3.63, 3.8) is 0 Å². The second kappa shape index (κ2) is 12.7. The first kappa shape index (κ1) is 15.7. The van der Waals surface area contributed by atoms with Crippen molar-refractivity contribution in [1.82, 2.24) is 0 Å². The predicted octanol–water partition coefficient (Wildman–Crippen LogP) is 4.30. The summed E-state index contributed by atoms with van der Waals surface area (Å²) in [7, 11) is 1.70. The standard InChI is InChI=1S/C14H28O2/c1-4-6-7-8-9-10-11-12-14(15-3)16-13-5-2/h5,14H,2,4,6-13H2,1,3H3. The molecule has 0 aliphatic carbocycles. The third-order valence-corrected chi connectivity index (χ3v) is 2.71. The molecule has 0 rings (SSSR count). The van der Waals surface area contributed by atoms with Crippen LogP contribution in [0.1, 0.15) is 58.3 Å². The number of hydrogen-bond donors (Lipinski definition) is 0. The van der Waals surface area contributed by atoms with E-state index in [9.17, 15) is 0 Å². The monoisotopic (exact) mass is 228 g/mol. The molecule has 0 aromatic heterocycles. The minimum absolute atomic E-state index is 0.0476. The quantitative estimate of drug-likeness (QED) is 0.282. The molecule has 0 saturated heterocycles. The van der Waals surface area contributed by atoms with E-state index in [0.717, 1.165) is 6.42 Å². The molecule has 96 valence electrons. The molecule has 0 saturated carbocycles. The van der Waals surface area contributed by atoms with E-state index in [-0.39, 0.29) is 6.29 Å². The first-order valence-corrected chi connectivity index (χ1v) is 6.60. The second-order valence-electron chi connectivity index (χ2n) is 4.20. The van der Waals surface area contributed by atoms with Crippen molar-refractivity contribution in [2.24, 2.45) is 0 Å². The number of unbranched alkanes of at least 4 members (excludes halogenated alkanes) is 6. The highest BCUT2D eigenvalue weighted by atomic mass is 16.7. The zero-order valence-corrected chi connectivity index (χ0v) is 11.0. The van der Waals surface area contributed by atoms with Crippen molar-refractivity contribution >= 4 is 0 Å². The van der Waals surface area contributed by atoms with E-state index in [1.54, 1.807) is 13.2 Å². The maximum atomic E-state index is 5.45. The lowest BCUT2D eigenvalue weighted by Gasteiger charge is -2.14. The fourth-order valence-corrected chi connectivity index (χ4v) is 1.71. The van der Waals surface area contributed by atoms with Crippen LogP contribution in [-0.4, -0.2) is 20.0 Å². The van der Waals surface area contributed by atoms with Gasteiger partial charge in [-0.15, -0.1) is 6.58 Å². The summed E-state index contributed by atoms with van der Waals surface area (Å²) in [6, 6.07) is 0. The fourth-order valence-electron chi connectivity index (χ4n) is 1.71. The molecule has 0 radical (unpaired) electrons. The summed E-state index contributed by atoms with van der Waals surface area (Å²) in [5, 5.41) is 0. The van der Waals surface area contributed by atoms with Crippen LogP contribution in [0.2, 0.25) is 0 Å².